The molecule has 0 fully saturated rings. The first kappa shape index (κ1) is 25.5. The minimum atomic E-state index is -4.07. The van der Waals surface area contributed by atoms with E-state index < -0.39 is 31.2 Å². The van der Waals surface area contributed by atoms with E-state index in [0.29, 0.717) is 45.9 Å². The Morgan fingerprint density at radius 1 is 1.03 bits per heavy atom. The average Bonchev–Trinajstić information content (AvgIpc) is 3.00. The number of fused-ring (bicyclic) bond motifs is 3. The van der Waals surface area contributed by atoms with E-state index in [2.05, 4.69) is 0 Å². The molecule has 0 amide bonds. The molecule has 0 N–H and O–H groups in total. The van der Waals surface area contributed by atoms with E-state index in [1.54, 1.807) is 12.1 Å². The third kappa shape index (κ3) is 4.91. The van der Waals surface area contributed by atoms with Crippen molar-refractivity contribution in [3.8, 4) is 11.5 Å². The number of rotatable bonds is 6. The molecule has 4 rings (SSSR count). The van der Waals surface area contributed by atoms with E-state index in [-0.39, 0.29) is 5.69 Å². The molecular weight excluding hydrogens is 488 g/mol. The van der Waals surface area contributed by atoms with Crippen LogP contribution in [0, 0.1) is 0 Å². The number of sulfonamides is 2. The molecule has 0 saturated heterocycles. The number of aliphatic imine (C=N–C) groups is 1. The zero-order valence-corrected chi connectivity index (χ0v) is 22.8. The highest BCUT2D eigenvalue weighted by atomic mass is 32.3. The van der Waals surface area contributed by atoms with Crippen LogP contribution in [-0.4, -0.2) is 52.8 Å². The minimum absolute atomic E-state index is 0.0410. The quantitative estimate of drug-likeness (QED) is 0.576. The predicted molar refractivity (Wildman–Crippen MR) is 138 cm³/mol. The van der Waals surface area contributed by atoms with Crippen molar-refractivity contribution in [2.24, 2.45) is 4.99 Å². The van der Waals surface area contributed by atoms with Crippen LogP contribution in [0.15, 0.2) is 35.3 Å². The second-order valence-electron chi connectivity index (χ2n) is 10.4. The normalized spacial score (nSPS) is 18.2. The Kier molecular flexibility index (Phi) is 6.00. The fourth-order valence-corrected chi connectivity index (χ4v) is 7.90. The molecule has 2 heterocycles. The molecule has 0 spiro atoms. The van der Waals surface area contributed by atoms with Crippen molar-refractivity contribution >= 4 is 31.4 Å². The van der Waals surface area contributed by atoms with Crippen LogP contribution in [0.3, 0.4) is 0 Å². The highest BCUT2D eigenvalue weighted by Crippen LogP contribution is 2.48. The van der Waals surface area contributed by atoms with Gasteiger partial charge in [-0.05, 0) is 64.8 Å². The summed E-state index contributed by atoms with van der Waals surface area (Å²) in [4.78, 5) is 5.05. The second-order valence-corrected chi connectivity index (χ2v) is 14.3. The Bertz CT molecular complexity index is 1410. The van der Waals surface area contributed by atoms with Crippen LogP contribution >= 0.6 is 0 Å². The maximum atomic E-state index is 12.4. The van der Waals surface area contributed by atoms with Crippen LogP contribution < -0.4 is 13.2 Å². The molecule has 0 radical (unpaired) electrons. The second kappa shape index (κ2) is 8.23. The number of benzene rings is 2. The summed E-state index contributed by atoms with van der Waals surface area (Å²) in [5.41, 5.74) is 3.50. The molecule has 8 nitrogen and oxygen atoms in total. The summed E-state index contributed by atoms with van der Waals surface area (Å²) in [5, 5.41) is 0. The molecule has 190 valence electrons. The fourth-order valence-electron chi connectivity index (χ4n) is 4.94. The van der Waals surface area contributed by atoms with Gasteiger partial charge in [-0.3, -0.25) is 4.99 Å². The largest absolute Gasteiger partial charge is 0.490 e. The molecule has 2 aromatic carbocycles. The highest BCUT2D eigenvalue weighted by Gasteiger charge is 2.40. The number of ether oxygens (including phenoxy) is 2. The number of hydrogen-bond donors (Lipinski definition) is 0. The first-order chi connectivity index (χ1) is 16.0. The summed E-state index contributed by atoms with van der Waals surface area (Å²) in [6.45, 7) is 10.6. The van der Waals surface area contributed by atoms with Crippen LogP contribution in [0.1, 0.15) is 56.9 Å². The third-order valence-electron chi connectivity index (χ3n) is 5.91. The van der Waals surface area contributed by atoms with E-state index in [1.807, 2.05) is 46.8 Å². The van der Waals surface area contributed by atoms with E-state index >= 15 is 0 Å². The van der Waals surface area contributed by atoms with Gasteiger partial charge < -0.3 is 9.47 Å². The zero-order valence-electron chi connectivity index (χ0n) is 21.2. The SMILES string of the molecule is CCOc1cc2c(c3c1OC(C)(C)C3)C(c1cccc(N(S(C)(=O)=O)S(C)(=O)=O)c1)=NC(C)(C)C2. The Hall–Kier alpha value is -2.59. The first-order valence-electron chi connectivity index (χ1n) is 11.4. The Labute approximate surface area is 208 Å². The van der Waals surface area contributed by atoms with Crippen LogP contribution in [0.4, 0.5) is 5.69 Å². The molecule has 0 aliphatic carbocycles. The maximum absolute atomic E-state index is 12.4. The van der Waals surface area contributed by atoms with Crippen LogP contribution in [0.5, 0.6) is 11.5 Å². The Balaban J connectivity index is 1.97. The highest BCUT2D eigenvalue weighted by molar-refractivity contribution is 8.09. The van der Waals surface area contributed by atoms with Gasteiger partial charge in [-0.1, -0.05) is 12.1 Å². The fraction of sp³-hybridized carbons (Fsp3) is 0.480. The van der Waals surface area contributed by atoms with Gasteiger partial charge in [0.25, 0.3) is 0 Å². The van der Waals surface area contributed by atoms with E-state index in [0.717, 1.165) is 29.2 Å². The molecule has 10 heteroatoms. The molecule has 35 heavy (non-hydrogen) atoms. The molecular formula is C25H32N2O6S2. The summed E-state index contributed by atoms with van der Waals surface area (Å²) in [6.07, 6.45) is 3.10. The van der Waals surface area contributed by atoms with Crippen molar-refractivity contribution in [1.29, 1.82) is 0 Å². The monoisotopic (exact) mass is 520 g/mol. The van der Waals surface area contributed by atoms with E-state index in [9.17, 15) is 16.8 Å². The summed E-state index contributed by atoms with van der Waals surface area (Å²) < 4.78 is 62.2. The predicted octanol–water partition coefficient (Wildman–Crippen LogP) is 3.70. The molecule has 0 unspecified atom stereocenters. The lowest BCUT2D eigenvalue weighted by atomic mass is 9.81. The van der Waals surface area contributed by atoms with Crippen LogP contribution in [0.2, 0.25) is 0 Å². The van der Waals surface area contributed by atoms with Gasteiger partial charge in [-0.25, -0.2) is 16.8 Å². The summed E-state index contributed by atoms with van der Waals surface area (Å²) in [6, 6.07) is 8.51. The maximum Gasteiger partial charge on any atom is 0.245 e. The van der Waals surface area contributed by atoms with Gasteiger partial charge in [0.2, 0.25) is 20.0 Å². The summed E-state index contributed by atoms with van der Waals surface area (Å²) >= 11 is 0. The Morgan fingerprint density at radius 3 is 2.29 bits per heavy atom. The average molecular weight is 521 g/mol. The molecule has 0 atom stereocenters. The first-order valence-corrected chi connectivity index (χ1v) is 15.1. The van der Waals surface area contributed by atoms with Gasteiger partial charge in [0.15, 0.2) is 11.5 Å². The van der Waals surface area contributed by atoms with E-state index in [1.165, 1.54) is 6.07 Å². The zero-order chi connectivity index (χ0) is 26.0. The lowest BCUT2D eigenvalue weighted by Gasteiger charge is -2.31. The molecule has 0 saturated carbocycles. The molecule has 2 aliphatic heterocycles. The lowest BCUT2D eigenvalue weighted by Crippen LogP contribution is -2.35. The third-order valence-corrected chi connectivity index (χ3v) is 9.17. The van der Waals surface area contributed by atoms with Crippen molar-refractivity contribution < 1.29 is 26.3 Å². The van der Waals surface area contributed by atoms with Crippen molar-refractivity contribution in [2.45, 2.75) is 58.6 Å². The number of nitrogens with zero attached hydrogens (tertiary/aromatic N) is 2. The van der Waals surface area contributed by atoms with Gasteiger partial charge in [-0.2, -0.15) is 3.71 Å². The number of anilines is 1. The topological polar surface area (TPSA) is 102 Å². The van der Waals surface area contributed by atoms with Gasteiger partial charge in [0.1, 0.15) is 5.60 Å². The van der Waals surface area contributed by atoms with Crippen LogP contribution in [0.25, 0.3) is 0 Å². The molecule has 0 bridgehead atoms. The van der Waals surface area contributed by atoms with Gasteiger partial charge in [0, 0.05) is 23.1 Å². The van der Waals surface area contributed by atoms with Gasteiger partial charge in [0.05, 0.1) is 36.1 Å². The smallest absolute Gasteiger partial charge is 0.245 e. The van der Waals surface area contributed by atoms with Gasteiger partial charge in [-0.15, -0.1) is 0 Å². The summed E-state index contributed by atoms with van der Waals surface area (Å²) in [5.74, 6) is 1.41. The molecule has 0 aromatic heterocycles. The lowest BCUT2D eigenvalue weighted by molar-refractivity contribution is 0.132. The number of hydrogen-bond acceptors (Lipinski definition) is 7. The Morgan fingerprint density at radius 2 is 1.69 bits per heavy atom. The van der Waals surface area contributed by atoms with E-state index in [4.69, 9.17) is 14.5 Å². The van der Waals surface area contributed by atoms with Crippen molar-refractivity contribution in [2.75, 3.05) is 22.8 Å². The summed E-state index contributed by atoms with van der Waals surface area (Å²) in [7, 11) is -8.15. The molecule has 2 aliphatic rings. The van der Waals surface area contributed by atoms with Crippen LogP contribution in [-0.2, 0) is 32.9 Å². The van der Waals surface area contributed by atoms with Crippen molar-refractivity contribution in [1.82, 2.24) is 0 Å². The minimum Gasteiger partial charge on any atom is -0.490 e. The molecule has 2 aromatic rings. The van der Waals surface area contributed by atoms with Gasteiger partial charge >= 0.3 is 0 Å². The van der Waals surface area contributed by atoms with Crippen molar-refractivity contribution in [3.63, 3.8) is 0 Å². The standard InChI is InChI=1S/C25H32N2O6S2/c1-8-32-20-13-17-14-24(2,3)26-22(21(17)19-15-25(4,5)33-23(19)20)16-10-9-11-18(12-16)27(34(6,28)29)35(7,30)31/h9-13H,8,14-15H2,1-7H3. The van der Waals surface area contributed by atoms with Crippen molar-refractivity contribution in [3.05, 3.63) is 52.6 Å².